The fourth-order valence-electron chi connectivity index (χ4n) is 2.89. The van der Waals surface area contributed by atoms with Crippen LogP contribution < -0.4 is 16.0 Å². The number of hydrogen-bond donors (Lipinski definition) is 3. The van der Waals surface area contributed by atoms with Crippen LogP contribution in [0.3, 0.4) is 0 Å². The average molecular weight is 340 g/mol. The van der Waals surface area contributed by atoms with Gasteiger partial charge in [-0.3, -0.25) is 4.79 Å². The highest BCUT2D eigenvalue weighted by Crippen LogP contribution is 2.39. The number of rotatable bonds is 2. The fourth-order valence-corrected chi connectivity index (χ4v) is 3.51. The van der Waals surface area contributed by atoms with E-state index in [1.165, 1.54) is 0 Å². The van der Waals surface area contributed by atoms with Crippen LogP contribution in [-0.4, -0.2) is 30.7 Å². The minimum Gasteiger partial charge on any atom is -0.396 e. The molecule has 1 saturated heterocycles. The Morgan fingerprint density at radius 1 is 1.40 bits per heavy atom. The highest BCUT2D eigenvalue weighted by atomic mass is 79.9. The number of aliphatic hydroxyl groups is 1. The molecule has 0 bridgehead atoms. The number of hydrogen-bond acceptors (Lipinski definition) is 4. The van der Waals surface area contributed by atoms with Gasteiger partial charge in [-0.2, -0.15) is 0 Å². The maximum absolute atomic E-state index is 11.6. The molecule has 4 N–H and O–H groups in total. The Morgan fingerprint density at radius 3 is 2.75 bits per heavy atom. The highest BCUT2D eigenvalue weighted by molar-refractivity contribution is 9.10. The lowest BCUT2D eigenvalue weighted by Crippen LogP contribution is -2.35. The topological polar surface area (TPSA) is 78.6 Å². The first-order valence-electron chi connectivity index (χ1n) is 6.86. The van der Waals surface area contributed by atoms with Crippen molar-refractivity contribution in [2.75, 3.05) is 29.9 Å². The molecule has 1 aromatic carbocycles. The number of anilines is 2. The van der Waals surface area contributed by atoms with Gasteiger partial charge in [-0.15, -0.1) is 0 Å². The number of nitrogens with one attached hydrogen (secondary N) is 1. The number of amides is 1. The Hall–Kier alpha value is -1.11. The third-order valence-electron chi connectivity index (χ3n) is 4.21. The number of piperidine rings is 1. The van der Waals surface area contributed by atoms with Crippen molar-refractivity contribution in [1.82, 2.24) is 0 Å². The zero-order valence-corrected chi connectivity index (χ0v) is 12.7. The van der Waals surface area contributed by atoms with Gasteiger partial charge in [0.1, 0.15) is 6.04 Å². The van der Waals surface area contributed by atoms with Crippen molar-refractivity contribution in [2.24, 2.45) is 11.7 Å². The van der Waals surface area contributed by atoms with Crippen molar-refractivity contribution in [2.45, 2.75) is 18.9 Å². The second-order valence-electron chi connectivity index (χ2n) is 5.47. The van der Waals surface area contributed by atoms with E-state index in [1.807, 2.05) is 12.1 Å². The van der Waals surface area contributed by atoms with Crippen molar-refractivity contribution >= 4 is 33.2 Å². The number of fused-ring (bicyclic) bond motifs is 1. The van der Waals surface area contributed by atoms with E-state index in [1.54, 1.807) is 0 Å². The van der Waals surface area contributed by atoms with Crippen molar-refractivity contribution in [3.05, 3.63) is 22.2 Å². The smallest absolute Gasteiger partial charge is 0.245 e. The monoisotopic (exact) mass is 339 g/mol. The number of benzene rings is 1. The summed E-state index contributed by atoms with van der Waals surface area (Å²) in [6.07, 6.45) is 1.98. The predicted octanol–water partition coefficient (Wildman–Crippen LogP) is 1.61. The molecule has 0 radical (unpaired) electrons. The molecule has 1 unspecified atom stereocenters. The summed E-state index contributed by atoms with van der Waals surface area (Å²) >= 11 is 3.58. The van der Waals surface area contributed by atoms with Gasteiger partial charge in [0.05, 0.1) is 5.69 Å². The van der Waals surface area contributed by atoms with E-state index in [0.29, 0.717) is 5.92 Å². The average Bonchev–Trinajstić information content (AvgIpc) is 2.74. The standard InChI is InChI=1S/C14H18BrN3O2/c15-10-5-9-11(17-14(20)13(9)16)6-12(10)18-3-1-8(7-19)2-4-18/h5-6,8,13,19H,1-4,7,16H2,(H,17,20). The number of aliphatic hydroxyl groups excluding tert-OH is 1. The first-order valence-corrected chi connectivity index (χ1v) is 7.65. The molecule has 6 heteroatoms. The first-order chi connectivity index (χ1) is 9.60. The van der Waals surface area contributed by atoms with Gasteiger partial charge < -0.3 is 21.1 Å². The summed E-state index contributed by atoms with van der Waals surface area (Å²) in [5.74, 6) is 0.260. The summed E-state index contributed by atoms with van der Waals surface area (Å²) < 4.78 is 0.964. The van der Waals surface area contributed by atoms with Gasteiger partial charge in [0.15, 0.2) is 0 Å². The Labute approximate surface area is 126 Å². The summed E-state index contributed by atoms with van der Waals surface area (Å²) in [6.45, 7) is 2.11. The van der Waals surface area contributed by atoms with Crippen LogP contribution in [0.2, 0.25) is 0 Å². The Bertz CT molecular complexity index is 541. The molecule has 20 heavy (non-hydrogen) atoms. The van der Waals surface area contributed by atoms with Crippen molar-refractivity contribution in [3.63, 3.8) is 0 Å². The summed E-state index contributed by atoms with van der Waals surface area (Å²) in [4.78, 5) is 13.9. The molecular weight excluding hydrogens is 322 g/mol. The molecule has 0 spiro atoms. The number of halogens is 1. The molecule has 0 aliphatic carbocycles. The second-order valence-corrected chi connectivity index (χ2v) is 6.33. The van der Waals surface area contributed by atoms with E-state index in [-0.39, 0.29) is 12.5 Å². The summed E-state index contributed by atoms with van der Waals surface area (Å²) in [6, 6.07) is 3.35. The third-order valence-corrected chi connectivity index (χ3v) is 4.84. The van der Waals surface area contributed by atoms with Gasteiger partial charge in [-0.05, 0) is 46.8 Å². The van der Waals surface area contributed by atoms with E-state index in [9.17, 15) is 9.90 Å². The summed E-state index contributed by atoms with van der Waals surface area (Å²) in [5.41, 5.74) is 8.58. The Morgan fingerprint density at radius 2 is 2.10 bits per heavy atom. The molecule has 1 fully saturated rings. The van der Waals surface area contributed by atoms with E-state index in [4.69, 9.17) is 5.73 Å². The molecule has 1 atom stereocenters. The number of nitrogens with zero attached hydrogens (tertiary/aromatic N) is 1. The van der Waals surface area contributed by atoms with Crippen LogP contribution in [0.4, 0.5) is 11.4 Å². The maximum Gasteiger partial charge on any atom is 0.245 e. The van der Waals surface area contributed by atoms with Gasteiger partial charge in [0.25, 0.3) is 0 Å². The van der Waals surface area contributed by atoms with Gasteiger partial charge >= 0.3 is 0 Å². The summed E-state index contributed by atoms with van der Waals surface area (Å²) in [5, 5.41) is 12.0. The predicted molar refractivity (Wildman–Crippen MR) is 81.7 cm³/mol. The maximum atomic E-state index is 11.6. The van der Waals surface area contributed by atoms with Crippen molar-refractivity contribution in [1.29, 1.82) is 0 Å². The zero-order chi connectivity index (χ0) is 14.3. The van der Waals surface area contributed by atoms with Crippen molar-refractivity contribution in [3.8, 4) is 0 Å². The number of carbonyl (C=O) groups excluding carboxylic acids is 1. The van der Waals surface area contributed by atoms with Crippen LogP contribution in [0.15, 0.2) is 16.6 Å². The first kappa shape index (κ1) is 13.9. The lowest BCUT2D eigenvalue weighted by Gasteiger charge is -2.33. The lowest BCUT2D eigenvalue weighted by molar-refractivity contribution is -0.116. The fraction of sp³-hybridized carbons (Fsp3) is 0.500. The highest BCUT2D eigenvalue weighted by Gasteiger charge is 2.29. The molecule has 0 saturated carbocycles. The third kappa shape index (κ3) is 2.32. The van der Waals surface area contributed by atoms with Gasteiger partial charge in [0, 0.05) is 35.4 Å². The molecule has 3 rings (SSSR count). The Balaban J connectivity index is 1.85. The normalized spacial score (nSPS) is 22.9. The molecule has 2 aliphatic rings. The van der Waals surface area contributed by atoms with Gasteiger partial charge in [-0.1, -0.05) is 0 Å². The van der Waals surface area contributed by atoms with E-state index >= 15 is 0 Å². The van der Waals surface area contributed by atoms with Crippen LogP contribution >= 0.6 is 15.9 Å². The van der Waals surface area contributed by atoms with Crippen LogP contribution in [-0.2, 0) is 4.79 Å². The molecule has 1 aromatic rings. The van der Waals surface area contributed by atoms with Gasteiger partial charge in [0.2, 0.25) is 5.91 Å². The van der Waals surface area contributed by atoms with Crippen LogP contribution in [0.1, 0.15) is 24.4 Å². The Kier molecular flexibility index (Phi) is 3.70. The molecule has 108 valence electrons. The molecule has 5 nitrogen and oxygen atoms in total. The van der Waals surface area contributed by atoms with Crippen LogP contribution in [0, 0.1) is 5.92 Å². The minimum absolute atomic E-state index is 0.150. The van der Waals surface area contributed by atoms with E-state index < -0.39 is 6.04 Å². The van der Waals surface area contributed by atoms with Crippen molar-refractivity contribution < 1.29 is 9.90 Å². The van der Waals surface area contributed by atoms with E-state index in [0.717, 1.165) is 47.3 Å². The largest absolute Gasteiger partial charge is 0.396 e. The lowest BCUT2D eigenvalue weighted by atomic mass is 9.97. The number of nitrogens with two attached hydrogens (primary N) is 1. The van der Waals surface area contributed by atoms with E-state index in [2.05, 4.69) is 26.1 Å². The molecule has 0 aromatic heterocycles. The van der Waals surface area contributed by atoms with Gasteiger partial charge in [-0.25, -0.2) is 0 Å². The molecule has 2 heterocycles. The second kappa shape index (κ2) is 5.35. The molecule has 2 aliphatic heterocycles. The zero-order valence-electron chi connectivity index (χ0n) is 11.1. The minimum atomic E-state index is -0.574. The van der Waals surface area contributed by atoms with Crippen LogP contribution in [0.5, 0.6) is 0 Å². The SMILES string of the molecule is NC1C(=O)Nc2cc(N3CCC(CO)CC3)c(Br)cc21. The molecule has 1 amide bonds. The van der Waals surface area contributed by atoms with Crippen LogP contribution in [0.25, 0.3) is 0 Å². The number of carbonyl (C=O) groups is 1. The quantitative estimate of drug-likeness (QED) is 0.764. The summed E-state index contributed by atoms with van der Waals surface area (Å²) in [7, 11) is 0. The molecular formula is C14H18BrN3O2.